The number of aromatic amines is 1. The van der Waals surface area contributed by atoms with Crippen LogP contribution in [0.3, 0.4) is 0 Å². The molecule has 0 radical (unpaired) electrons. The highest BCUT2D eigenvalue weighted by molar-refractivity contribution is 5.82. The van der Waals surface area contributed by atoms with Gasteiger partial charge in [-0.2, -0.15) is 0 Å². The molecule has 172 valence electrons. The van der Waals surface area contributed by atoms with Gasteiger partial charge < -0.3 is 15.4 Å². The van der Waals surface area contributed by atoms with E-state index in [1.54, 1.807) is 24.9 Å². The number of aliphatic carboxylic acids is 1. The van der Waals surface area contributed by atoms with Crippen molar-refractivity contribution in [2.45, 2.75) is 33.1 Å². The SMILES string of the molecule is CC(=N/C(C)=C(\Cc1cnc[nH]1)NC(=O)CN(CCCc1ccccc1)CC(=O)O)NO. The number of amides is 1. The van der Waals surface area contributed by atoms with E-state index < -0.39 is 5.97 Å². The minimum absolute atomic E-state index is 0.0677. The smallest absolute Gasteiger partial charge is 0.317 e. The lowest BCUT2D eigenvalue weighted by Gasteiger charge is -2.20. The number of imidazole rings is 1. The molecule has 0 aliphatic carbocycles. The summed E-state index contributed by atoms with van der Waals surface area (Å²) in [4.78, 5) is 36.8. The number of hydrogen-bond acceptors (Lipinski definition) is 6. The average molecular weight is 443 g/mol. The number of aromatic nitrogens is 2. The van der Waals surface area contributed by atoms with Gasteiger partial charge in [0.1, 0.15) is 5.84 Å². The summed E-state index contributed by atoms with van der Waals surface area (Å²) in [7, 11) is 0. The molecule has 0 bridgehead atoms. The summed E-state index contributed by atoms with van der Waals surface area (Å²) < 4.78 is 0. The first-order valence-corrected chi connectivity index (χ1v) is 10.3. The number of nitrogens with one attached hydrogen (secondary N) is 3. The summed E-state index contributed by atoms with van der Waals surface area (Å²) >= 11 is 0. The number of H-pyrrole nitrogens is 1. The fourth-order valence-electron chi connectivity index (χ4n) is 3.15. The van der Waals surface area contributed by atoms with Crippen molar-refractivity contribution in [1.29, 1.82) is 0 Å². The molecule has 0 saturated heterocycles. The molecular weight excluding hydrogens is 412 g/mol. The minimum Gasteiger partial charge on any atom is -0.480 e. The van der Waals surface area contributed by atoms with Gasteiger partial charge >= 0.3 is 5.97 Å². The molecular formula is C22H30N6O4. The third kappa shape index (κ3) is 9.11. The van der Waals surface area contributed by atoms with Gasteiger partial charge in [-0.1, -0.05) is 30.3 Å². The third-order valence-electron chi connectivity index (χ3n) is 4.66. The zero-order chi connectivity index (χ0) is 23.3. The van der Waals surface area contributed by atoms with Crippen LogP contribution in [0.1, 0.15) is 31.5 Å². The summed E-state index contributed by atoms with van der Waals surface area (Å²) in [6, 6.07) is 9.91. The van der Waals surface area contributed by atoms with Gasteiger partial charge in [0.25, 0.3) is 0 Å². The molecule has 0 saturated carbocycles. The van der Waals surface area contributed by atoms with Crippen molar-refractivity contribution in [1.82, 2.24) is 25.7 Å². The van der Waals surface area contributed by atoms with E-state index in [2.05, 4.69) is 20.3 Å². The van der Waals surface area contributed by atoms with Crippen LogP contribution in [-0.4, -0.2) is 62.5 Å². The van der Waals surface area contributed by atoms with E-state index in [1.165, 1.54) is 11.9 Å². The first kappa shape index (κ1) is 24.8. The molecule has 10 heteroatoms. The van der Waals surface area contributed by atoms with Crippen LogP contribution in [0.5, 0.6) is 0 Å². The summed E-state index contributed by atoms with van der Waals surface area (Å²) in [5, 5.41) is 21.1. The predicted molar refractivity (Wildman–Crippen MR) is 120 cm³/mol. The second-order valence-corrected chi connectivity index (χ2v) is 7.37. The molecule has 1 aromatic carbocycles. The molecule has 10 nitrogen and oxygen atoms in total. The Bertz CT molecular complexity index is 925. The lowest BCUT2D eigenvalue weighted by Crippen LogP contribution is -2.40. The van der Waals surface area contributed by atoms with Crippen molar-refractivity contribution in [3.63, 3.8) is 0 Å². The molecule has 0 unspecified atom stereocenters. The number of allylic oxidation sites excluding steroid dienone is 2. The predicted octanol–water partition coefficient (Wildman–Crippen LogP) is 1.72. The molecule has 1 amide bonds. The van der Waals surface area contributed by atoms with Gasteiger partial charge in [-0.15, -0.1) is 0 Å². The summed E-state index contributed by atoms with van der Waals surface area (Å²) in [6.07, 6.45) is 5.04. The number of carbonyl (C=O) groups is 2. The highest BCUT2D eigenvalue weighted by atomic mass is 16.5. The lowest BCUT2D eigenvalue weighted by molar-refractivity contribution is -0.138. The van der Waals surface area contributed by atoms with Crippen molar-refractivity contribution in [3.05, 3.63) is 65.5 Å². The van der Waals surface area contributed by atoms with Gasteiger partial charge in [-0.3, -0.25) is 25.2 Å². The Kier molecular flexibility index (Phi) is 10.1. The standard InChI is InChI=1S/C22H30N6O4/c1-16(25-17(2)27-32)20(11-19-12-23-15-24-19)26-21(29)13-28(14-22(30)31)10-6-9-18-7-4-3-5-8-18/h3-5,7-8,12,15,32H,6,9-11,13-14H2,1-2H3,(H,23,24)(H,25,27)(H,26,29)(H,30,31)/b20-16+. The monoisotopic (exact) mass is 442 g/mol. The molecule has 0 aliphatic rings. The van der Waals surface area contributed by atoms with Gasteiger partial charge in [0.15, 0.2) is 0 Å². The van der Waals surface area contributed by atoms with Gasteiger partial charge in [-0.05, 0) is 38.8 Å². The van der Waals surface area contributed by atoms with Crippen LogP contribution in [0.2, 0.25) is 0 Å². The fourth-order valence-corrected chi connectivity index (χ4v) is 3.15. The van der Waals surface area contributed by atoms with Crippen molar-refractivity contribution in [3.8, 4) is 0 Å². The average Bonchev–Trinajstić information content (AvgIpc) is 3.26. The Morgan fingerprint density at radius 3 is 2.56 bits per heavy atom. The quantitative estimate of drug-likeness (QED) is 0.191. The number of hydrogen-bond donors (Lipinski definition) is 5. The Hall–Kier alpha value is -3.50. The molecule has 2 rings (SSSR count). The first-order valence-electron chi connectivity index (χ1n) is 10.3. The van der Waals surface area contributed by atoms with Crippen LogP contribution in [0, 0.1) is 0 Å². The number of benzene rings is 1. The van der Waals surface area contributed by atoms with Crippen LogP contribution in [0.15, 0.2) is 59.2 Å². The zero-order valence-corrected chi connectivity index (χ0v) is 18.3. The molecule has 0 spiro atoms. The summed E-state index contributed by atoms with van der Waals surface area (Å²) in [5.74, 6) is -1.06. The van der Waals surface area contributed by atoms with Crippen LogP contribution in [0.25, 0.3) is 0 Å². The number of carbonyl (C=O) groups excluding carboxylic acids is 1. The fraction of sp³-hybridized carbons (Fsp3) is 0.364. The van der Waals surface area contributed by atoms with E-state index in [9.17, 15) is 14.7 Å². The molecule has 5 N–H and O–H groups in total. The lowest BCUT2D eigenvalue weighted by atomic mass is 10.1. The number of carboxylic acids is 1. The first-order chi connectivity index (χ1) is 15.4. The maximum Gasteiger partial charge on any atom is 0.317 e. The maximum absolute atomic E-state index is 12.7. The van der Waals surface area contributed by atoms with Crippen molar-refractivity contribution >= 4 is 17.7 Å². The van der Waals surface area contributed by atoms with Crippen molar-refractivity contribution in [2.75, 3.05) is 19.6 Å². The maximum atomic E-state index is 12.7. The zero-order valence-electron chi connectivity index (χ0n) is 18.3. The summed E-state index contributed by atoms with van der Waals surface area (Å²) in [6.45, 7) is 3.47. The Balaban J connectivity index is 2.04. The molecule has 32 heavy (non-hydrogen) atoms. The number of aryl methyl sites for hydroxylation is 1. The normalized spacial score (nSPS) is 12.4. The molecule has 1 heterocycles. The highest BCUT2D eigenvalue weighted by Crippen LogP contribution is 2.10. The van der Waals surface area contributed by atoms with E-state index in [0.29, 0.717) is 24.4 Å². The molecule has 2 aromatic rings. The van der Waals surface area contributed by atoms with Crippen LogP contribution < -0.4 is 10.8 Å². The Morgan fingerprint density at radius 1 is 1.19 bits per heavy atom. The van der Waals surface area contributed by atoms with E-state index >= 15 is 0 Å². The Labute approximate surface area is 187 Å². The second kappa shape index (κ2) is 13.0. The number of aliphatic imine (C=N–C) groups is 1. The van der Waals surface area contributed by atoms with Gasteiger partial charge in [-0.25, -0.2) is 9.98 Å². The second-order valence-electron chi connectivity index (χ2n) is 7.37. The van der Waals surface area contributed by atoms with Gasteiger partial charge in [0.05, 0.1) is 25.1 Å². The van der Waals surface area contributed by atoms with E-state index in [1.807, 2.05) is 35.8 Å². The molecule has 1 aromatic heterocycles. The largest absolute Gasteiger partial charge is 0.480 e. The van der Waals surface area contributed by atoms with Crippen LogP contribution in [0.4, 0.5) is 0 Å². The summed E-state index contributed by atoms with van der Waals surface area (Å²) in [5.41, 5.74) is 4.92. The third-order valence-corrected chi connectivity index (χ3v) is 4.66. The van der Waals surface area contributed by atoms with Gasteiger partial charge in [0.2, 0.25) is 5.91 Å². The topological polar surface area (TPSA) is 143 Å². The highest BCUT2D eigenvalue weighted by Gasteiger charge is 2.16. The van der Waals surface area contributed by atoms with Crippen molar-refractivity contribution < 1.29 is 19.9 Å². The van der Waals surface area contributed by atoms with Crippen LogP contribution >= 0.6 is 0 Å². The molecule has 0 aliphatic heterocycles. The molecule has 0 atom stereocenters. The van der Waals surface area contributed by atoms with E-state index in [-0.39, 0.29) is 24.8 Å². The number of hydroxylamine groups is 1. The van der Waals surface area contributed by atoms with Crippen LogP contribution in [-0.2, 0) is 22.4 Å². The number of amidine groups is 1. The van der Waals surface area contributed by atoms with E-state index in [0.717, 1.165) is 18.5 Å². The van der Waals surface area contributed by atoms with Crippen molar-refractivity contribution in [2.24, 2.45) is 4.99 Å². The van der Waals surface area contributed by atoms with Gasteiger partial charge in [0, 0.05) is 24.0 Å². The number of nitrogens with zero attached hydrogens (tertiary/aromatic N) is 3. The Morgan fingerprint density at radius 2 is 1.94 bits per heavy atom. The number of carboxylic acid groups (broad SMARTS) is 1. The number of rotatable bonds is 12. The minimum atomic E-state index is -0.990. The molecule has 0 fully saturated rings. The van der Waals surface area contributed by atoms with E-state index in [4.69, 9.17) is 5.21 Å².